The van der Waals surface area contributed by atoms with E-state index in [-0.39, 0.29) is 5.75 Å². The lowest BCUT2D eigenvalue weighted by Gasteiger charge is -2.10. The maximum atomic E-state index is 11.9. The summed E-state index contributed by atoms with van der Waals surface area (Å²) < 4.78 is 26.8. The van der Waals surface area contributed by atoms with Crippen LogP contribution in [0.5, 0.6) is 0 Å². The second kappa shape index (κ2) is 5.77. The predicted octanol–water partition coefficient (Wildman–Crippen LogP) is 2.60. The van der Waals surface area contributed by atoms with Gasteiger partial charge in [-0.3, -0.25) is 4.72 Å². The van der Waals surface area contributed by atoms with Crippen molar-refractivity contribution < 1.29 is 8.42 Å². The Morgan fingerprint density at radius 3 is 2.78 bits per heavy atom. The normalized spacial score (nSPS) is 15.7. The van der Waals surface area contributed by atoms with Crippen LogP contribution in [0.4, 0.5) is 5.69 Å². The van der Waals surface area contributed by atoms with Crippen molar-refractivity contribution in [1.29, 1.82) is 0 Å². The highest BCUT2D eigenvalue weighted by molar-refractivity contribution is 9.10. The molecule has 1 aromatic rings. The molecule has 2 rings (SSSR count). The number of hydrogen-bond donors (Lipinski definition) is 2. The first-order chi connectivity index (χ1) is 8.48. The van der Waals surface area contributed by atoms with E-state index in [1.54, 1.807) is 18.2 Å². The van der Waals surface area contributed by atoms with Gasteiger partial charge in [0.25, 0.3) is 0 Å². The summed E-state index contributed by atoms with van der Waals surface area (Å²) >= 11 is 9.16. The largest absolute Gasteiger partial charge is 0.313 e. The fourth-order valence-corrected chi connectivity index (χ4v) is 3.15. The van der Waals surface area contributed by atoms with Gasteiger partial charge in [-0.1, -0.05) is 17.7 Å². The number of nitrogens with one attached hydrogen (secondary N) is 2. The first-order valence-corrected chi connectivity index (χ1v) is 8.48. The Kier molecular flexibility index (Phi) is 4.53. The molecule has 0 bridgehead atoms. The topological polar surface area (TPSA) is 58.2 Å². The van der Waals surface area contributed by atoms with Crippen molar-refractivity contribution in [2.75, 3.05) is 17.0 Å². The smallest absolute Gasteiger partial charge is 0.234 e. The molecule has 0 aromatic heterocycles. The minimum absolute atomic E-state index is 0.0580. The zero-order valence-electron chi connectivity index (χ0n) is 9.62. The molecule has 18 heavy (non-hydrogen) atoms. The van der Waals surface area contributed by atoms with Crippen LogP contribution in [-0.4, -0.2) is 26.8 Å². The van der Waals surface area contributed by atoms with Gasteiger partial charge < -0.3 is 5.32 Å². The van der Waals surface area contributed by atoms with Crippen molar-refractivity contribution in [2.45, 2.75) is 18.9 Å². The average Bonchev–Trinajstić information content (AvgIpc) is 3.08. The molecule has 0 saturated heterocycles. The minimum Gasteiger partial charge on any atom is -0.313 e. The van der Waals surface area contributed by atoms with Crippen molar-refractivity contribution in [3.8, 4) is 0 Å². The van der Waals surface area contributed by atoms with Crippen LogP contribution in [0, 0.1) is 0 Å². The molecule has 4 nitrogen and oxygen atoms in total. The molecule has 0 amide bonds. The van der Waals surface area contributed by atoms with E-state index in [1.807, 2.05) is 0 Å². The monoisotopic (exact) mass is 352 g/mol. The lowest BCUT2D eigenvalue weighted by Crippen LogP contribution is -2.28. The maximum Gasteiger partial charge on any atom is 0.234 e. The molecule has 1 aliphatic rings. The molecule has 1 aliphatic carbocycles. The molecule has 2 N–H and O–H groups in total. The minimum atomic E-state index is -3.34. The second-order valence-electron chi connectivity index (χ2n) is 4.25. The van der Waals surface area contributed by atoms with Crippen molar-refractivity contribution in [3.63, 3.8) is 0 Å². The molecule has 0 atom stereocenters. The second-order valence-corrected chi connectivity index (χ2v) is 7.29. The molecule has 0 radical (unpaired) electrons. The third-order valence-corrected chi connectivity index (χ3v) is 5.27. The van der Waals surface area contributed by atoms with Gasteiger partial charge in [0.1, 0.15) is 0 Å². The Balaban J connectivity index is 1.95. The summed E-state index contributed by atoms with van der Waals surface area (Å²) in [5.74, 6) is 0.0580. The molecule has 1 aromatic carbocycles. The van der Waals surface area contributed by atoms with Crippen molar-refractivity contribution in [2.24, 2.45) is 0 Å². The van der Waals surface area contributed by atoms with Gasteiger partial charge in [0, 0.05) is 12.6 Å². The van der Waals surface area contributed by atoms with Crippen LogP contribution in [0.1, 0.15) is 12.8 Å². The average molecular weight is 354 g/mol. The lowest BCUT2D eigenvalue weighted by molar-refractivity contribution is 0.595. The van der Waals surface area contributed by atoms with Crippen LogP contribution in [0.25, 0.3) is 0 Å². The van der Waals surface area contributed by atoms with Crippen LogP contribution in [0.2, 0.25) is 5.02 Å². The molecular formula is C11H14BrClN2O2S. The summed E-state index contributed by atoms with van der Waals surface area (Å²) in [6.07, 6.45) is 2.29. The van der Waals surface area contributed by atoms with E-state index in [4.69, 9.17) is 11.6 Å². The van der Waals surface area contributed by atoms with E-state index in [9.17, 15) is 8.42 Å². The van der Waals surface area contributed by atoms with Crippen LogP contribution >= 0.6 is 27.5 Å². The molecule has 0 heterocycles. The fraction of sp³-hybridized carbons (Fsp3) is 0.455. The Hall–Kier alpha value is -0.300. The van der Waals surface area contributed by atoms with Crippen LogP contribution in [0.3, 0.4) is 0 Å². The van der Waals surface area contributed by atoms with Crippen molar-refractivity contribution >= 4 is 43.2 Å². The van der Waals surface area contributed by atoms with E-state index >= 15 is 0 Å². The lowest BCUT2D eigenvalue weighted by atomic mass is 10.3. The molecule has 0 aliphatic heterocycles. The molecule has 7 heteroatoms. The molecule has 1 saturated carbocycles. The summed E-state index contributed by atoms with van der Waals surface area (Å²) in [4.78, 5) is 0. The highest BCUT2D eigenvalue weighted by Crippen LogP contribution is 2.30. The third kappa shape index (κ3) is 4.12. The molecule has 0 unspecified atom stereocenters. The number of benzene rings is 1. The van der Waals surface area contributed by atoms with Gasteiger partial charge >= 0.3 is 0 Å². The van der Waals surface area contributed by atoms with Crippen molar-refractivity contribution in [3.05, 3.63) is 27.7 Å². The Morgan fingerprint density at radius 1 is 1.39 bits per heavy atom. The summed E-state index contributed by atoms with van der Waals surface area (Å²) in [7, 11) is -3.34. The van der Waals surface area contributed by atoms with Gasteiger partial charge in [-0.25, -0.2) is 8.42 Å². The summed E-state index contributed by atoms with van der Waals surface area (Å²) in [6, 6.07) is 5.57. The fourth-order valence-electron chi connectivity index (χ4n) is 1.49. The predicted molar refractivity (Wildman–Crippen MR) is 77.6 cm³/mol. The number of sulfonamides is 1. The first-order valence-electron chi connectivity index (χ1n) is 5.66. The Labute approximate surface area is 120 Å². The Morgan fingerprint density at radius 2 is 2.11 bits per heavy atom. The standard InChI is InChI=1S/C11H14BrClN2O2S/c12-11-9(13)2-1-3-10(11)15-18(16,17)7-6-14-8-4-5-8/h1-3,8,14-15H,4-7H2. The summed E-state index contributed by atoms with van der Waals surface area (Å²) in [5, 5.41) is 3.65. The van der Waals surface area contributed by atoms with E-state index in [0.717, 1.165) is 12.8 Å². The SMILES string of the molecule is O=S(=O)(CCNC1CC1)Nc1cccc(Cl)c1Br. The maximum absolute atomic E-state index is 11.9. The molecule has 100 valence electrons. The van der Waals surface area contributed by atoms with Gasteiger partial charge in [0.05, 0.1) is 20.9 Å². The van der Waals surface area contributed by atoms with Gasteiger partial charge in [-0.05, 0) is 40.9 Å². The quantitative estimate of drug-likeness (QED) is 0.826. The summed E-state index contributed by atoms with van der Waals surface area (Å²) in [6.45, 7) is 0.470. The van der Waals surface area contributed by atoms with Crippen LogP contribution < -0.4 is 10.0 Å². The van der Waals surface area contributed by atoms with E-state index in [2.05, 4.69) is 26.0 Å². The Bertz CT molecular complexity index is 532. The number of anilines is 1. The number of hydrogen-bond acceptors (Lipinski definition) is 3. The third-order valence-electron chi connectivity index (χ3n) is 2.60. The van der Waals surface area contributed by atoms with Crippen LogP contribution in [-0.2, 0) is 10.0 Å². The molecule has 1 fully saturated rings. The van der Waals surface area contributed by atoms with Gasteiger partial charge in [-0.15, -0.1) is 0 Å². The van der Waals surface area contributed by atoms with Crippen molar-refractivity contribution in [1.82, 2.24) is 5.32 Å². The zero-order valence-corrected chi connectivity index (χ0v) is 12.8. The highest BCUT2D eigenvalue weighted by atomic mass is 79.9. The molecule has 0 spiro atoms. The van der Waals surface area contributed by atoms with Gasteiger partial charge in [0.15, 0.2) is 0 Å². The highest BCUT2D eigenvalue weighted by Gasteiger charge is 2.21. The van der Waals surface area contributed by atoms with E-state index in [0.29, 0.717) is 27.8 Å². The van der Waals surface area contributed by atoms with Gasteiger partial charge in [0.2, 0.25) is 10.0 Å². The first kappa shape index (κ1) is 14.1. The number of rotatable bonds is 6. The van der Waals surface area contributed by atoms with E-state index in [1.165, 1.54) is 0 Å². The summed E-state index contributed by atoms with van der Waals surface area (Å²) in [5.41, 5.74) is 0.467. The molecular weight excluding hydrogens is 340 g/mol. The van der Waals surface area contributed by atoms with Crippen LogP contribution in [0.15, 0.2) is 22.7 Å². The number of halogens is 2. The van der Waals surface area contributed by atoms with E-state index < -0.39 is 10.0 Å². The zero-order chi connectivity index (χ0) is 13.2. The van der Waals surface area contributed by atoms with Gasteiger partial charge in [-0.2, -0.15) is 0 Å².